The van der Waals surface area contributed by atoms with E-state index in [1.165, 1.54) is 11.1 Å². The van der Waals surface area contributed by atoms with Gasteiger partial charge in [0.1, 0.15) is 0 Å². The zero-order valence-corrected chi connectivity index (χ0v) is 8.59. The molecular formula is C12H17NO. The molecule has 2 N–H and O–H groups in total. The van der Waals surface area contributed by atoms with Gasteiger partial charge in [0, 0.05) is 12.0 Å². The lowest BCUT2D eigenvalue weighted by Crippen LogP contribution is -2.49. The van der Waals surface area contributed by atoms with Crippen LogP contribution in [0.15, 0.2) is 24.3 Å². The molecule has 1 aliphatic carbocycles. The molecule has 0 aliphatic heterocycles. The average Bonchev–Trinajstić information content (AvgIpc) is 2.20. The fourth-order valence-electron chi connectivity index (χ4n) is 2.26. The molecule has 14 heavy (non-hydrogen) atoms. The lowest BCUT2D eigenvalue weighted by molar-refractivity contribution is 0.169. The number of fused-ring (bicyclic) bond motifs is 1. The van der Waals surface area contributed by atoms with Crippen LogP contribution in [0.3, 0.4) is 0 Å². The number of aliphatic hydroxyl groups excluding tert-OH is 1. The van der Waals surface area contributed by atoms with Gasteiger partial charge in [0.15, 0.2) is 0 Å². The minimum atomic E-state index is -0.00734. The molecule has 1 aliphatic rings. The predicted molar refractivity (Wildman–Crippen MR) is 57.5 cm³/mol. The van der Waals surface area contributed by atoms with Crippen molar-refractivity contribution in [2.24, 2.45) is 0 Å². The molecule has 76 valence electrons. The molecule has 1 aromatic rings. The fourth-order valence-corrected chi connectivity index (χ4v) is 2.26. The third kappa shape index (κ3) is 1.35. The van der Waals surface area contributed by atoms with Crippen LogP contribution in [0.5, 0.6) is 0 Å². The van der Waals surface area contributed by atoms with E-state index < -0.39 is 0 Å². The van der Waals surface area contributed by atoms with Crippen LogP contribution in [0.25, 0.3) is 0 Å². The lowest BCUT2D eigenvalue weighted by atomic mass is 9.64. The Kier molecular flexibility index (Phi) is 2.57. The van der Waals surface area contributed by atoms with Crippen LogP contribution in [-0.4, -0.2) is 24.8 Å². The zero-order chi connectivity index (χ0) is 10.0. The molecule has 2 heteroatoms. The van der Waals surface area contributed by atoms with Crippen LogP contribution in [0.1, 0.15) is 18.1 Å². The van der Waals surface area contributed by atoms with Crippen LogP contribution in [0, 0.1) is 0 Å². The molecular weight excluding hydrogens is 174 g/mol. The minimum absolute atomic E-state index is 0.00734. The Labute approximate surface area is 85.0 Å². The van der Waals surface area contributed by atoms with Crippen LogP contribution in [0.2, 0.25) is 0 Å². The molecule has 0 saturated heterocycles. The van der Waals surface area contributed by atoms with Crippen molar-refractivity contribution in [2.45, 2.75) is 18.8 Å². The molecule has 0 fully saturated rings. The number of benzene rings is 1. The number of hydrogen-bond donors (Lipinski definition) is 2. The maximum Gasteiger partial charge on any atom is 0.0543 e. The summed E-state index contributed by atoms with van der Waals surface area (Å²) in [5.74, 6) is 0. The summed E-state index contributed by atoms with van der Waals surface area (Å²) in [5.41, 5.74) is 2.70. The molecule has 2 nitrogen and oxygen atoms in total. The van der Waals surface area contributed by atoms with Crippen molar-refractivity contribution in [3.63, 3.8) is 0 Å². The Balaban J connectivity index is 2.19. The van der Waals surface area contributed by atoms with Crippen LogP contribution >= 0.6 is 0 Å². The largest absolute Gasteiger partial charge is 0.395 e. The quantitative estimate of drug-likeness (QED) is 0.746. The summed E-state index contributed by atoms with van der Waals surface area (Å²) < 4.78 is 0. The van der Waals surface area contributed by atoms with Gasteiger partial charge in [-0.15, -0.1) is 0 Å². The summed E-state index contributed by atoms with van der Waals surface area (Å²) in [4.78, 5) is 0. The van der Waals surface area contributed by atoms with Gasteiger partial charge in [-0.1, -0.05) is 31.2 Å². The van der Waals surface area contributed by atoms with Crippen molar-refractivity contribution in [3.05, 3.63) is 35.4 Å². The standard InChI is InChI=1S/C12H17NO/c1-2-13-8-12(9-14)7-10-5-3-4-6-11(10)12/h3-6,13-14H,2,7-9H2,1H3. The van der Waals surface area contributed by atoms with E-state index in [0.29, 0.717) is 0 Å². The molecule has 0 heterocycles. The van der Waals surface area contributed by atoms with Gasteiger partial charge >= 0.3 is 0 Å². The number of rotatable bonds is 4. The number of aliphatic hydroxyl groups is 1. The number of nitrogens with one attached hydrogen (secondary N) is 1. The first-order valence-electron chi connectivity index (χ1n) is 5.22. The predicted octanol–water partition coefficient (Wildman–Crippen LogP) is 1.08. The highest BCUT2D eigenvalue weighted by Crippen LogP contribution is 2.40. The van der Waals surface area contributed by atoms with Gasteiger partial charge in [-0.05, 0) is 24.1 Å². The molecule has 1 aromatic carbocycles. The topological polar surface area (TPSA) is 32.3 Å². The smallest absolute Gasteiger partial charge is 0.0543 e. The highest BCUT2D eigenvalue weighted by molar-refractivity contribution is 5.45. The Morgan fingerprint density at radius 1 is 1.43 bits per heavy atom. The fraction of sp³-hybridized carbons (Fsp3) is 0.500. The maximum absolute atomic E-state index is 9.47. The van der Waals surface area contributed by atoms with Gasteiger partial charge in [0.25, 0.3) is 0 Å². The van der Waals surface area contributed by atoms with Crippen molar-refractivity contribution in [2.75, 3.05) is 19.7 Å². The summed E-state index contributed by atoms with van der Waals surface area (Å²) in [5, 5.41) is 12.8. The molecule has 0 bridgehead atoms. The highest BCUT2D eigenvalue weighted by Gasteiger charge is 2.41. The van der Waals surface area contributed by atoms with Crippen molar-refractivity contribution in [1.29, 1.82) is 0 Å². The molecule has 0 spiro atoms. The van der Waals surface area contributed by atoms with Gasteiger partial charge in [-0.25, -0.2) is 0 Å². The Bertz CT molecular complexity index is 324. The molecule has 0 aromatic heterocycles. The monoisotopic (exact) mass is 191 g/mol. The molecule has 0 radical (unpaired) electrons. The summed E-state index contributed by atoms with van der Waals surface area (Å²) in [6.07, 6.45) is 1.01. The van der Waals surface area contributed by atoms with E-state index in [2.05, 4.69) is 30.4 Å². The van der Waals surface area contributed by atoms with E-state index >= 15 is 0 Å². The normalized spacial score (nSPS) is 24.1. The number of likely N-dealkylation sites (N-methyl/N-ethyl adjacent to an activating group) is 1. The zero-order valence-electron chi connectivity index (χ0n) is 8.59. The summed E-state index contributed by atoms with van der Waals surface area (Å²) in [6, 6.07) is 8.39. The van der Waals surface area contributed by atoms with Crippen LogP contribution in [0.4, 0.5) is 0 Å². The second-order valence-electron chi connectivity index (χ2n) is 4.05. The van der Waals surface area contributed by atoms with Gasteiger partial charge < -0.3 is 10.4 Å². The third-order valence-corrected chi connectivity index (χ3v) is 3.13. The first-order chi connectivity index (χ1) is 6.82. The summed E-state index contributed by atoms with van der Waals surface area (Å²) in [7, 11) is 0. The average molecular weight is 191 g/mol. The first-order valence-corrected chi connectivity index (χ1v) is 5.22. The second kappa shape index (κ2) is 3.71. The van der Waals surface area contributed by atoms with E-state index in [9.17, 15) is 5.11 Å². The molecule has 0 amide bonds. The highest BCUT2D eigenvalue weighted by atomic mass is 16.3. The van der Waals surface area contributed by atoms with Gasteiger partial charge in [-0.2, -0.15) is 0 Å². The minimum Gasteiger partial charge on any atom is -0.395 e. The van der Waals surface area contributed by atoms with Gasteiger partial charge in [-0.3, -0.25) is 0 Å². The van der Waals surface area contributed by atoms with Crippen molar-refractivity contribution < 1.29 is 5.11 Å². The van der Waals surface area contributed by atoms with E-state index in [1.54, 1.807) is 0 Å². The van der Waals surface area contributed by atoms with E-state index in [1.807, 2.05) is 6.07 Å². The Morgan fingerprint density at radius 3 is 2.86 bits per heavy atom. The van der Waals surface area contributed by atoms with Gasteiger partial charge in [0.2, 0.25) is 0 Å². The lowest BCUT2D eigenvalue weighted by Gasteiger charge is -2.43. The molecule has 2 rings (SSSR count). The number of hydrogen-bond acceptors (Lipinski definition) is 2. The van der Waals surface area contributed by atoms with E-state index in [-0.39, 0.29) is 12.0 Å². The summed E-state index contributed by atoms with van der Waals surface area (Å²) >= 11 is 0. The Hall–Kier alpha value is -0.860. The van der Waals surface area contributed by atoms with E-state index in [0.717, 1.165) is 19.5 Å². The van der Waals surface area contributed by atoms with Crippen molar-refractivity contribution >= 4 is 0 Å². The molecule has 1 unspecified atom stereocenters. The SMILES string of the molecule is CCNCC1(CO)Cc2ccccc21. The van der Waals surface area contributed by atoms with E-state index in [4.69, 9.17) is 0 Å². The van der Waals surface area contributed by atoms with Gasteiger partial charge in [0.05, 0.1) is 6.61 Å². The summed E-state index contributed by atoms with van der Waals surface area (Å²) in [6.45, 7) is 4.19. The second-order valence-corrected chi connectivity index (χ2v) is 4.05. The van der Waals surface area contributed by atoms with Crippen molar-refractivity contribution in [1.82, 2.24) is 5.32 Å². The molecule has 0 saturated carbocycles. The van der Waals surface area contributed by atoms with Crippen LogP contribution in [-0.2, 0) is 11.8 Å². The van der Waals surface area contributed by atoms with Crippen LogP contribution < -0.4 is 5.32 Å². The third-order valence-electron chi connectivity index (χ3n) is 3.13. The maximum atomic E-state index is 9.47. The first kappa shape index (κ1) is 9.69. The van der Waals surface area contributed by atoms with Crippen molar-refractivity contribution in [3.8, 4) is 0 Å². The Morgan fingerprint density at radius 2 is 2.21 bits per heavy atom. The molecule has 1 atom stereocenters.